The molecule has 0 aliphatic heterocycles. The fraction of sp³-hybridized carbons (Fsp3) is 0. The lowest BCUT2D eigenvalue weighted by molar-refractivity contribution is 1.12. The third-order valence-corrected chi connectivity index (χ3v) is 17.3. The van der Waals surface area contributed by atoms with Crippen molar-refractivity contribution >= 4 is 104 Å². The predicted molar refractivity (Wildman–Crippen MR) is 338 cm³/mol. The first-order chi connectivity index (χ1) is 40.6. The number of benzene rings is 12. The van der Waals surface area contributed by atoms with Crippen molar-refractivity contribution in [2.75, 3.05) is 0 Å². The normalized spacial score (nSPS) is 12.1. The summed E-state index contributed by atoms with van der Waals surface area (Å²) < 4.78 is 9.65. The van der Waals surface area contributed by atoms with Gasteiger partial charge in [-0.3, -0.25) is 0 Å². The molecule has 378 valence electrons. The van der Waals surface area contributed by atoms with Crippen molar-refractivity contribution in [2.45, 2.75) is 0 Å². The maximum Gasteiger partial charge on any atom is 0.187 e. The van der Waals surface area contributed by atoms with Crippen LogP contribution in [0, 0.1) is 6.57 Å². The molecule has 18 rings (SSSR count). The van der Waals surface area contributed by atoms with Crippen LogP contribution in [0.25, 0.3) is 171 Å². The van der Waals surface area contributed by atoms with E-state index in [2.05, 4.69) is 266 Å². The van der Waals surface area contributed by atoms with Gasteiger partial charge in [-0.15, -0.1) is 0 Å². The van der Waals surface area contributed by atoms with Crippen LogP contribution in [0.3, 0.4) is 0 Å². The summed E-state index contributed by atoms with van der Waals surface area (Å²) in [6, 6.07) is 94.0. The molecule has 17 aromatic rings. The molecule has 0 spiro atoms. The average Bonchev–Trinajstić information content (AvgIpc) is 4.48. The molecule has 12 aromatic carbocycles. The predicted octanol–water partition coefficient (Wildman–Crippen LogP) is 19.6. The number of nitrogens with zero attached hydrogens (tertiary/aromatic N) is 7. The molecule has 0 saturated carbocycles. The molecule has 7 nitrogen and oxygen atoms in total. The monoisotopic (exact) mass is 1040 g/mol. The Bertz CT molecular complexity index is 5320. The summed E-state index contributed by atoms with van der Waals surface area (Å²) in [5.41, 5.74) is 20.3. The Labute approximate surface area is 469 Å². The molecule has 0 saturated heterocycles. The van der Waals surface area contributed by atoms with Crippen LogP contribution in [-0.2, 0) is 0 Å². The molecule has 0 atom stereocenters. The minimum Gasteiger partial charge on any atom is -0.309 e. The fourth-order valence-electron chi connectivity index (χ4n) is 13.9. The maximum absolute atomic E-state index is 8.05. The Balaban J connectivity index is 0.920. The average molecular weight is 1040 g/mol. The molecule has 5 aromatic heterocycles. The van der Waals surface area contributed by atoms with E-state index in [0.717, 1.165) is 111 Å². The Morgan fingerprint density at radius 1 is 0.293 bits per heavy atom. The van der Waals surface area contributed by atoms with E-state index >= 15 is 0 Å². The first-order valence-corrected chi connectivity index (χ1v) is 27.8. The van der Waals surface area contributed by atoms with Crippen molar-refractivity contribution in [1.82, 2.24) is 28.2 Å². The minimum atomic E-state index is 0.560. The Hall–Kier alpha value is -11.3. The third kappa shape index (κ3) is 6.23. The van der Waals surface area contributed by atoms with E-state index in [9.17, 15) is 0 Å². The van der Waals surface area contributed by atoms with Gasteiger partial charge < -0.3 is 18.3 Å². The first kappa shape index (κ1) is 44.6. The molecule has 0 bridgehead atoms. The van der Waals surface area contributed by atoms with Crippen molar-refractivity contribution in [3.8, 4) is 67.8 Å². The van der Waals surface area contributed by atoms with Crippen molar-refractivity contribution in [2.24, 2.45) is 0 Å². The zero-order valence-electron chi connectivity index (χ0n) is 44.0. The van der Waals surface area contributed by atoms with Crippen LogP contribution < -0.4 is 0 Å². The number of hydrogen-bond donors (Lipinski definition) is 0. The number of hydrogen-bond acceptors (Lipinski definition) is 2. The van der Waals surface area contributed by atoms with Gasteiger partial charge in [0.1, 0.15) is 0 Å². The van der Waals surface area contributed by atoms with Crippen LogP contribution in [-0.4, -0.2) is 28.2 Å². The quantitative estimate of drug-likeness (QED) is 0.156. The van der Waals surface area contributed by atoms with Crippen LogP contribution in [0.15, 0.2) is 261 Å². The number of para-hydroxylation sites is 6. The summed E-state index contributed by atoms with van der Waals surface area (Å²) in [7, 11) is 0. The van der Waals surface area contributed by atoms with Gasteiger partial charge in [-0.2, -0.15) is 0 Å². The van der Waals surface area contributed by atoms with Gasteiger partial charge in [0.15, 0.2) is 11.5 Å². The van der Waals surface area contributed by atoms with E-state index in [1.165, 1.54) is 49.0 Å². The summed E-state index contributed by atoms with van der Waals surface area (Å²) >= 11 is 0. The molecule has 0 N–H and O–H groups in total. The largest absolute Gasteiger partial charge is 0.309 e. The van der Waals surface area contributed by atoms with E-state index in [0.29, 0.717) is 11.5 Å². The molecule has 1 aliphatic carbocycles. The smallest absolute Gasteiger partial charge is 0.187 e. The molecule has 0 amide bonds. The molecule has 0 unspecified atom stereocenters. The second-order valence-electron chi connectivity index (χ2n) is 21.6. The Morgan fingerprint density at radius 2 is 0.695 bits per heavy atom. The SMILES string of the molecule is [C-]#[N+]c1cccc(-c2nc(-c3cc(-n4c5ccccc5c5cc(-n6c7ccccc7c7ccccc76)ccc54)cc(-n4c5ccccc5c5cc(-n6c7ccccc7c7ccccc76)ccc54)c3)nc3c2-c2cccc4cccc-3c24)c1. The summed E-state index contributed by atoms with van der Waals surface area (Å²) in [5.74, 6) is 0.596. The standard InChI is InChI=1S/C75H43N7/c1-76-48-20-14-19-46(39-48)73-72-59-27-15-17-45-18-16-28-60(71(45)59)74(72)78-75(77-73)47-40-51(81-67-33-12-6-25-57(67)61-43-49(35-37-69(61)81)79-63-29-8-2-21-53(63)54-22-3-9-30-64(54)79)42-52(41-47)82-68-34-13-7-26-58(68)62-44-50(36-38-70(62)82)80-65-31-10-4-23-55(65)56-24-5-11-32-66(56)80/h2-44H. The minimum absolute atomic E-state index is 0.560. The third-order valence-electron chi connectivity index (χ3n) is 17.3. The molecular weight excluding hydrogens is 999 g/mol. The van der Waals surface area contributed by atoms with Crippen LogP contribution in [0.5, 0.6) is 0 Å². The van der Waals surface area contributed by atoms with E-state index in [-0.39, 0.29) is 0 Å². The fourth-order valence-corrected chi connectivity index (χ4v) is 13.9. The lowest BCUT2D eigenvalue weighted by atomic mass is 9.99. The lowest BCUT2D eigenvalue weighted by Crippen LogP contribution is -2.03. The molecule has 5 heterocycles. The van der Waals surface area contributed by atoms with Crippen molar-refractivity contribution in [1.29, 1.82) is 0 Å². The van der Waals surface area contributed by atoms with Crippen LogP contribution >= 0.6 is 0 Å². The van der Waals surface area contributed by atoms with Gasteiger partial charge in [-0.05, 0) is 119 Å². The number of fused-ring (bicyclic) bond motifs is 15. The molecule has 7 heteroatoms. The summed E-state index contributed by atoms with van der Waals surface area (Å²) in [6.07, 6.45) is 0. The van der Waals surface area contributed by atoms with Crippen LogP contribution in [0.1, 0.15) is 0 Å². The van der Waals surface area contributed by atoms with Crippen molar-refractivity contribution in [3.63, 3.8) is 0 Å². The van der Waals surface area contributed by atoms with Crippen molar-refractivity contribution in [3.05, 3.63) is 272 Å². The number of aromatic nitrogens is 6. The van der Waals surface area contributed by atoms with E-state index < -0.39 is 0 Å². The van der Waals surface area contributed by atoms with Gasteiger partial charge in [0.25, 0.3) is 0 Å². The summed E-state index contributed by atoms with van der Waals surface area (Å²) in [5, 5.41) is 11.9. The molecule has 82 heavy (non-hydrogen) atoms. The highest BCUT2D eigenvalue weighted by Crippen LogP contribution is 2.51. The van der Waals surface area contributed by atoms with Crippen molar-refractivity contribution < 1.29 is 0 Å². The topological polar surface area (TPSA) is 49.9 Å². The maximum atomic E-state index is 8.05. The summed E-state index contributed by atoms with van der Waals surface area (Å²) in [6.45, 7) is 8.05. The van der Waals surface area contributed by atoms with Crippen LogP contribution in [0.4, 0.5) is 5.69 Å². The first-order valence-electron chi connectivity index (χ1n) is 27.8. The van der Waals surface area contributed by atoms with Gasteiger partial charge in [-0.1, -0.05) is 164 Å². The highest BCUT2D eigenvalue weighted by atomic mass is 15.0. The number of rotatable bonds is 6. The zero-order chi connectivity index (χ0) is 53.7. The van der Waals surface area contributed by atoms with Gasteiger partial charge in [-0.25, -0.2) is 14.8 Å². The second-order valence-corrected chi connectivity index (χ2v) is 21.6. The summed E-state index contributed by atoms with van der Waals surface area (Å²) in [4.78, 5) is 15.2. The van der Waals surface area contributed by atoms with Gasteiger partial charge in [0.05, 0.1) is 62.1 Å². The van der Waals surface area contributed by atoms with Gasteiger partial charge in [0, 0.05) is 82.5 Å². The van der Waals surface area contributed by atoms with E-state index in [4.69, 9.17) is 16.5 Å². The highest BCUT2D eigenvalue weighted by molar-refractivity contribution is 6.18. The zero-order valence-corrected chi connectivity index (χ0v) is 44.0. The van der Waals surface area contributed by atoms with Gasteiger partial charge >= 0.3 is 0 Å². The molecule has 0 fully saturated rings. The second kappa shape index (κ2) is 16.8. The Kier molecular flexibility index (Phi) is 9.17. The lowest BCUT2D eigenvalue weighted by Gasteiger charge is -2.17. The molecule has 0 radical (unpaired) electrons. The van der Waals surface area contributed by atoms with Crippen LogP contribution in [0.2, 0.25) is 0 Å². The van der Waals surface area contributed by atoms with E-state index in [1.54, 1.807) is 0 Å². The van der Waals surface area contributed by atoms with Gasteiger partial charge in [0.2, 0.25) is 0 Å². The van der Waals surface area contributed by atoms with E-state index in [1.807, 2.05) is 18.2 Å². The Morgan fingerprint density at radius 3 is 1.17 bits per heavy atom. The highest BCUT2D eigenvalue weighted by Gasteiger charge is 2.29. The molecule has 1 aliphatic rings. The molecular formula is C75H43N7.